The average molecular weight is 302 g/mol. The Labute approximate surface area is 128 Å². The van der Waals surface area contributed by atoms with Crippen LogP contribution in [0.15, 0.2) is 0 Å². The zero-order valence-corrected chi connectivity index (χ0v) is 14.0. The summed E-state index contributed by atoms with van der Waals surface area (Å²) in [5.74, 6) is -1.48. The number of hydrogen-bond acceptors (Lipinski definition) is 3. The molecule has 5 heteroatoms. The van der Waals surface area contributed by atoms with E-state index in [1.54, 1.807) is 0 Å². The number of carboxylic acids is 1. The Bertz CT molecular complexity index is 336. The summed E-state index contributed by atoms with van der Waals surface area (Å²) in [6.45, 7) is 2.27. The van der Waals surface area contributed by atoms with Crippen molar-refractivity contribution in [3.05, 3.63) is 0 Å². The van der Waals surface area contributed by atoms with Crippen LogP contribution in [0.25, 0.3) is 0 Å². The molecule has 0 bridgehead atoms. The molecule has 0 spiro atoms. The zero-order chi connectivity index (χ0) is 16.5. The number of unbranched alkanes of at least 4 members (excludes halogenated alkanes) is 5. The number of Topliss-reactive ketones (excluding diaryl/α,β-unsaturated/α-hetero) is 1. The van der Waals surface area contributed by atoms with E-state index < -0.39 is 18.0 Å². The van der Waals surface area contributed by atoms with Gasteiger partial charge in [-0.3, -0.25) is 9.59 Å². The number of aliphatic carboxylic acids is 1. The average Bonchev–Trinajstić information content (AvgIpc) is 2.29. The molecule has 2 N–H and O–H groups in total. The first kappa shape index (κ1) is 20.1. The third kappa shape index (κ3) is 9.58. The van der Waals surface area contributed by atoms with E-state index in [-0.39, 0.29) is 18.7 Å². The lowest BCUT2D eigenvalue weighted by Gasteiger charge is -2.33. The van der Waals surface area contributed by atoms with Crippen molar-refractivity contribution in [3.8, 4) is 0 Å². The second-order valence-electron chi connectivity index (χ2n) is 6.99. The molecular weight excluding hydrogens is 270 g/mol. The van der Waals surface area contributed by atoms with E-state index in [2.05, 4.69) is 6.92 Å². The Balaban J connectivity index is 4.42. The molecule has 5 nitrogen and oxygen atoms in total. The Morgan fingerprint density at radius 3 is 2.00 bits per heavy atom. The molecule has 0 saturated carbocycles. The van der Waals surface area contributed by atoms with Crippen LogP contribution in [-0.2, 0) is 9.59 Å². The van der Waals surface area contributed by atoms with Gasteiger partial charge in [0, 0.05) is 6.42 Å². The van der Waals surface area contributed by atoms with Gasteiger partial charge in [-0.25, -0.2) is 0 Å². The van der Waals surface area contributed by atoms with Crippen molar-refractivity contribution in [2.75, 3.05) is 27.7 Å². The van der Waals surface area contributed by atoms with E-state index in [0.29, 0.717) is 4.48 Å². The van der Waals surface area contributed by atoms with Crippen LogP contribution in [0.3, 0.4) is 0 Å². The normalized spacial score (nSPS) is 14.7. The predicted molar refractivity (Wildman–Crippen MR) is 83.1 cm³/mol. The third-order valence-electron chi connectivity index (χ3n) is 3.46. The molecule has 0 aromatic carbocycles. The highest BCUT2D eigenvalue weighted by Gasteiger charge is 2.42. The maximum atomic E-state index is 12.2. The molecule has 0 aliphatic carbocycles. The molecule has 124 valence electrons. The Kier molecular flexibility index (Phi) is 8.74. The standard InChI is InChI=1S/C16H31NO4/c1-5-6-7-8-9-10-11-14(18)16(21,12-15(19)20)13-17(2,3)4/h21H,5-13H2,1-4H3/p+1/t16-/m1/s1. The van der Waals surface area contributed by atoms with Crippen molar-refractivity contribution in [1.82, 2.24) is 0 Å². The highest BCUT2D eigenvalue weighted by atomic mass is 16.4. The second kappa shape index (κ2) is 9.15. The van der Waals surface area contributed by atoms with Crippen LogP contribution in [-0.4, -0.2) is 59.7 Å². The number of carboxylic acid groups (broad SMARTS) is 1. The summed E-state index contributed by atoms with van der Waals surface area (Å²) in [7, 11) is 5.51. The van der Waals surface area contributed by atoms with Crippen LogP contribution in [0, 0.1) is 0 Å². The first-order chi connectivity index (χ1) is 9.60. The lowest BCUT2D eigenvalue weighted by atomic mass is 9.89. The largest absolute Gasteiger partial charge is 0.481 e. The van der Waals surface area contributed by atoms with Gasteiger partial charge in [0.05, 0.1) is 27.6 Å². The van der Waals surface area contributed by atoms with Gasteiger partial charge < -0.3 is 14.7 Å². The van der Waals surface area contributed by atoms with Crippen molar-refractivity contribution in [3.63, 3.8) is 0 Å². The monoisotopic (exact) mass is 302 g/mol. The van der Waals surface area contributed by atoms with E-state index in [1.165, 1.54) is 19.3 Å². The molecule has 0 aliphatic rings. The number of carbonyl (C=O) groups excluding carboxylic acids is 1. The first-order valence-electron chi connectivity index (χ1n) is 7.88. The first-order valence-corrected chi connectivity index (χ1v) is 7.88. The van der Waals surface area contributed by atoms with Crippen LogP contribution in [0.4, 0.5) is 0 Å². The summed E-state index contributed by atoms with van der Waals surface area (Å²) >= 11 is 0. The maximum Gasteiger partial charge on any atom is 0.306 e. The topological polar surface area (TPSA) is 74.6 Å². The van der Waals surface area contributed by atoms with Crippen LogP contribution < -0.4 is 0 Å². The van der Waals surface area contributed by atoms with Crippen molar-refractivity contribution in [2.45, 2.75) is 63.9 Å². The summed E-state index contributed by atoms with van der Waals surface area (Å²) in [4.78, 5) is 23.2. The SMILES string of the molecule is CCCCCCCCC(=O)[C@@](O)(CC(=O)O)C[N+](C)(C)C. The van der Waals surface area contributed by atoms with E-state index in [4.69, 9.17) is 5.11 Å². The molecule has 0 fully saturated rings. The molecule has 0 unspecified atom stereocenters. The van der Waals surface area contributed by atoms with E-state index in [1.807, 2.05) is 21.1 Å². The number of likely N-dealkylation sites (N-methyl/N-ethyl adjacent to an activating group) is 1. The van der Waals surface area contributed by atoms with Crippen LogP contribution in [0.2, 0.25) is 0 Å². The number of nitrogens with zero attached hydrogens (tertiary/aromatic N) is 1. The molecule has 0 aliphatic heterocycles. The Morgan fingerprint density at radius 1 is 1.00 bits per heavy atom. The van der Waals surface area contributed by atoms with Crippen molar-refractivity contribution in [2.24, 2.45) is 0 Å². The fraction of sp³-hybridized carbons (Fsp3) is 0.875. The number of aliphatic hydroxyl groups is 1. The van der Waals surface area contributed by atoms with Crippen LogP contribution in [0.5, 0.6) is 0 Å². The number of quaternary nitrogens is 1. The summed E-state index contributed by atoms with van der Waals surface area (Å²) in [6.07, 6.45) is 6.07. The molecule has 0 rings (SSSR count). The van der Waals surface area contributed by atoms with Gasteiger partial charge in [0.15, 0.2) is 11.4 Å². The fourth-order valence-electron chi connectivity index (χ4n) is 2.58. The Morgan fingerprint density at radius 2 is 1.52 bits per heavy atom. The molecule has 1 atom stereocenters. The zero-order valence-electron chi connectivity index (χ0n) is 14.0. The molecule has 0 amide bonds. The molecule has 21 heavy (non-hydrogen) atoms. The molecule has 0 radical (unpaired) electrons. The van der Waals surface area contributed by atoms with Gasteiger partial charge in [0.1, 0.15) is 6.54 Å². The third-order valence-corrected chi connectivity index (χ3v) is 3.46. The van der Waals surface area contributed by atoms with Gasteiger partial charge in [0.2, 0.25) is 0 Å². The molecule has 0 aromatic heterocycles. The van der Waals surface area contributed by atoms with Gasteiger partial charge in [-0.05, 0) is 6.42 Å². The molecule has 0 saturated heterocycles. The highest BCUT2D eigenvalue weighted by Crippen LogP contribution is 2.20. The van der Waals surface area contributed by atoms with Crippen molar-refractivity contribution >= 4 is 11.8 Å². The number of carbonyl (C=O) groups is 2. The van der Waals surface area contributed by atoms with Gasteiger partial charge in [-0.2, -0.15) is 0 Å². The van der Waals surface area contributed by atoms with Gasteiger partial charge in [-0.1, -0.05) is 39.0 Å². The lowest BCUT2D eigenvalue weighted by Crippen LogP contribution is -2.54. The number of ketones is 1. The molecule has 0 heterocycles. The minimum atomic E-state index is -1.76. The van der Waals surface area contributed by atoms with E-state index >= 15 is 0 Å². The molecule has 0 aromatic rings. The number of hydrogen-bond donors (Lipinski definition) is 2. The number of rotatable bonds is 12. The summed E-state index contributed by atoms with van der Waals surface area (Å²) in [5, 5.41) is 19.4. The minimum Gasteiger partial charge on any atom is -0.481 e. The van der Waals surface area contributed by atoms with Crippen LogP contribution >= 0.6 is 0 Å². The Hall–Kier alpha value is -0.940. The van der Waals surface area contributed by atoms with Crippen LogP contribution in [0.1, 0.15) is 58.3 Å². The van der Waals surface area contributed by atoms with Crippen molar-refractivity contribution in [1.29, 1.82) is 0 Å². The second-order valence-corrected chi connectivity index (χ2v) is 6.99. The highest BCUT2D eigenvalue weighted by molar-refractivity contribution is 5.90. The van der Waals surface area contributed by atoms with Crippen molar-refractivity contribution < 1.29 is 24.3 Å². The fourth-order valence-corrected chi connectivity index (χ4v) is 2.58. The van der Waals surface area contributed by atoms with Gasteiger partial charge >= 0.3 is 5.97 Å². The van der Waals surface area contributed by atoms with Gasteiger partial charge in [0.25, 0.3) is 0 Å². The quantitative estimate of drug-likeness (QED) is 0.428. The predicted octanol–water partition coefficient (Wildman–Crippen LogP) is 2.22. The van der Waals surface area contributed by atoms with E-state index in [9.17, 15) is 14.7 Å². The summed E-state index contributed by atoms with van der Waals surface area (Å²) < 4.78 is 0.353. The van der Waals surface area contributed by atoms with Gasteiger partial charge in [-0.15, -0.1) is 0 Å². The summed E-state index contributed by atoms with van der Waals surface area (Å²) in [6, 6.07) is 0. The lowest BCUT2D eigenvalue weighted by molar-refractivity contribution is -0.875. The maximum absolute atomic E-state index is 12.2. The minimum absolute atomic E-state index is 0.119. The van der Waals surface area contributed by atoms with E-state index in [0.717, 1.165) is 19.3 Å². The molecular formula is C16H32NO4+. The smallest absolute Gasteiger partial charge is 0.306 e. The summed E-state index contributed by atoms with van der Waals surface area (Å²) in [5.41, 5.74) is -1.76.